The molecular formula is C22H23N3O3. The molecule has 0 amide bonds. The summed E-state index contributed by atoms with van der Waals surface area (Å²) in [6, 6.07) is 11.4. The standard InChI is InChI=1S/C22H23N3O3/c26-14-19-4-3-18(28-19)13-24-10-15-8-17(12-24)22-20(16-2-1-7-23-9-16)5-6-21(27)25(22)11-15/h1-7,9,15,17,26H,8,10-14H2. The van der Waals surface area contributed by atoms with Crippen LogP contribution in [0.3, 0.4) is 0 Å². The largest absolute Gasteiger partial charge is 0.462 e. The second-order valence-corrected chi connectivity index (χ2v) is 7.84. The highest BCUT2D eigenvalue weighted by Gasteiger charge is 2.36. The second kappa shape index (κ2) is 7.04. The highest BCUT2D eigenvalue weighted by Crippen LogP contribution is 2.40. The molecule has 2 aliphatic rings. The number of fused-ring (bicyclic) bond motifs is 4. The van der Waals surface area contributed by atoms with Crippen molar-refractivity contribution in [3.05, 3.63) is 76.4 Å². The van der Waals surface area contributed by atoms with Crippen LogP contribution in [-0.4, -0.2) is 32.6 Å². The molecule has 2 aliphatic heterocycles. The predicted molar refractivity (Wildman–Crippen MR) is 105 cm³/mol. The van der Waals surface area contributed by atoms with Crippen molar-refractivity contribution in [1.29, 1.82) is 0 Å². The molecule has 5 rings (SSSR count). The lowest BCUT2D eigenvalue weighted by Gasteiger charge is -2.43. The highest BCUT2D eigenvalue weighted by molar-refractivity contribution is 5.66. The number of furan rings is 1. The van der Waals surface area contributed by atoms with E-state index in [1.807, 2.05) is 35.0 Å². The van der Waals surface area contributed by atoms with Crippen molar-refractivity contribution in [2.45, 2.75) is 32.0 Å². The van der Waals surface area contributed by atoms with Crippen molar-refractivity contribution in [3.8, 4) is 11.1 Å². The molecule has 0 spiro atoms. The van der Waals surface area contributed by atoms with Gasteiger partial charge < -0.3 is 14.1 Å². The smallest absolute Gasteiger partial charge is 0.250 e. The van der Waals surface area contributed by atoms with Crippen LogP contribution < -0.4 is 5.56 Å². The Hall–Kier alpha value is -2.70. The molecule has 3 aromatic heterocycles. The normalized spacial score (nSPS) is 21.5. The van der Waals surface area contributed by atoms with E-state index in [1.165, 1.54) is 0 Å². The molecule has 0 aromatic carbocycles. The van der Waals surface area contributed by atoms with Gasteiger partial charge in [-0.3, -0.25) is 14.7 Å². The summed E-state index contributed by atoms with van der Waals surface area (Å²) in [5.74, 6) is 2.24. The van der Waals surface area contributed by atoms with Gasteiger partial charge in [-0.25, -0.2) is 0 Å². The summed E-state index contributed by atoms with van der Waals surface area (Å²) in [5, 5.41) is 9.22. The van der Waals surface area contributed by atoms with E-state index in [0.29, 0.717) is 17.6 Å². The average Bonchev–Trinajstić information content (AvgIpc) is 3.17. The van der Waals surface area contributed by atoms with Crippen LogP contribution in [0.15, 0.2) is 58.0 Å². The number of aliphatic hydroxyl groups excluding tert-OH is 1. The van der Waals surface area contributed by atoms with Crippen molar-refractivity contribution in [2.24, 2.45) is 5.92 Å². The van der Waals surface area contributed by atoms with Crippen LogP contribution in [0.25, 0.3) is 11.1 Å². The first-order valence-electron chi connectivity index (χ1n) is 9.76. The highest BCUT2D eigenvalue weighted by atomic mass is 16.4. The minimum absolute atomic E-state index is 0.0734. The zero-order valence-electron chi connectivity index (χ0n) is 15.6. The number of hydrogen-bond acceptors (Lipinski definition) is 5. The first-order valence-corrected chi connectivity index (χ1v) is 9.76. The molecule has 6 nitrogen and oxygen atoms in total. The lowest BCUT2D eigenvalue weighted by atomic mass is 9.80. The van der Waals surface area contributed by atoms with Crippen molar-refractivity contribution in [1.82, 2.24) is 14.5 Å². The molecule has 0 aliphatic carbocycles. The average molecular weight is 377 g/mol. The fourth-order valence-electron chi connectivity index (χ4n) is 4.82. The molecule has 28 heavy (non-hydrogen) atoms. The Kier molecular flexibility index (Phi) is 4.37. The van der Waals surface area contributed by atoms with Gasteiger partial charge in [-0.1, -0.05) is 6.07 Å². The minimum atomic E-state index is -0.0734. The molecule has 1 saturated heterocycles. The Balaban J connectivity index is 1.48. The Labute approximate surface area is 163 Å². The number of hydrogen-bond donors (Lipinski definition) is 1. The molecule has 2 atom stereocenters. The van der Waals surface area contributed by atoms with Gasteiger partial charge in [0.05, 0.1) is 6.54 Å². The summed E-state index contributed by atoms with van der Waals surface area (Å²) in [5.41, 5.74) is 3.39. The quantitative estimate of drug-likeness (QED) is 0.757. The summed E-state index contributed by atoms with van der Waals surface area (Å²) in [7, 11) is 0. The van der Waals surface area contributed by atoms with Gasteiger partial charge in [-0.05, 0) is 36.6 Å². The van der Waals surface area contributed by atoms with Crippen molar-refractivity contribution < 1.29 is 9.52 Å². The summed E-state index contributed by atoms with van der Waals surface area (Å²) < 4.78 is 7.67. The third-order valence-corrected chi connectivity index (χ3v) is 5.89. The maximum Gasteiger partial charge on any atom is 0.250 e. The maximum absolute atomic E-state index is 12.6. The van der Waals surface area contributed by atoms with Gasteiger partial charge in [0.1, 0.15) is 18.1 Å². The monoisotopic (exact) mass is 377 g/mol. The lowest BCUT2D eigenvalue weighted by Crippen LogP contribution is -2.46. The van der Waals surface area contributed by atoms with E-state index in [4.69, 9.17) is 4.42 Å². The molecule has 3 aromatic rings. The van der Waals surface area contributed by atoms with E-state index in [9.17, 15) is 9.90 Å². The van der Waals surface area contributed by atoms with Crippen LogP contribution in [0.2, 0.25) is 0 Å². The van der Waals surface area contributed by atoms with Gasteiger partial charge in [0.15, 0.2) is 0 Å². The van der Waals surface area contributed by atoms with Crippen LogP contribution in [0.1, 0.15) is 29.6 Å². The minimum Gasteiger partial charge on any atom is -0.462 e. The Morgan fingerprint density at radius 1 is 1.11 bits per heavy atom. The molecule has 0 saturated carbocycles. The number of rotatable bonds is 4. The number of piperidine rings is 1. The third kappa shape index (κ3) is 3.08. The molecule has 5 heterocycles. The molecule has 0 radical (unpaired) electrons. The fourth-order valence-corrected chi connectivity index (χ4v) is 4.82. The second-order valence-electron chi connectivity index (χ2n) is 7.84. The maximum atomic E-state index is 12.6. The summed E-state index contributed by atoms with van der Waals surface area (Å²) in [6.07, 6.45) is 4.74. The number of aromatic nitrogens is 2. The predicted octanol–water partition coefficient (Wildman–Crippen LogP) is 2.61. The van der Waals surface area contributed by atoms with Gasteiger partial charge >= 0.3 is 0 Å². The Morgan fingerprint density at radius 2 is 2.00 bits per heavy atom. The number of nitrogens with zero attached hydrogens (tertiary/aromatic N) is 3. The van der Waals surface area contributed by atoms with Crippen LogP contribution in [0.5, 0.6) is 0 Å². The van der Waals surface area contributed by atoms with E-state index >= 15 is 0 Å². The summed E-state index contributed by atoms with van der Waals surface area (Å²) in [4.78, 5) is 19.3. The van der Waals surface area contributed by atoms with Crippen LogP contribution in [0, 0.1) is 5.92 Å². The van der Waals surface area contributed by atoms with Crippen molar-refractivity contribution in [2.75, 3.05) is 13.1 Å². The molecule has 1 fully saturated rings. The van der Waals surface area contributed by atoms with Gasteiger partial charge in [-0.2, -0.15) is 0 Å². The van der Waals surface area contributed by atoms with Crippen LogP contribution in [0.4, 0.5) is 0 Å². The lowest BCUT2D eigenvalue weighted by molar-refractivity contribution is 0.107. The summed E-state index contributed by atoms with van der Waals surface area (Å²) in [6.45, 7) is 3.26. The summed E-state index contributed by atoms with van der Waals surface area (Å²) >= 11 is 0. The SMILES string of the molecule is O=c1ccc(-c2cccnc2)c2n1CC1CC2CN(Cc2ccc(CO)o2)C1. The molecule has 2 unspecified atom stereocenters. The van der Waals surface area contributed by atoms with Gasteiger partial charge in [-0.15, -0.1) is 0 Å². The van der Waals surface area contributed by atoms with E-state index in [0.717, 1.165) is 55.2 Å². The molecule has 6 heteroatoms. The van der Waals surface area contributed by atoms with E-state index in [2.05, 4.69) is 16.0 Å². The zero-order chi connectivity index (χ0) is 19.1. The Morgan fingerprint density at radius 3 is 2.79 bits per heavy atom. The first-order chi connectivity index (χ1) is 13.7. The van der Waals surface area contributed by atoms with Crippen LogP contribution >= 0.6 is 0 Å². The molecular weight excluding hydrogens is 354 g/mol. The topological polar surface area (TPSA) is 71.5 Å². The van der Waals surface area contributed by atoms with E-state index in [-0.39, 0.29) is 12.2 Å². The Bertz CT molecular complexity index is 1040. The molecule has 144 valence electrons. The zero-order valence-corrected chi connectivity index (χ0v) is 15.6. The third-order valence-electron chi connectivity index (χ3n) is 5.89. The number of pyridine rings is 2. The van der Waals surface area contributed by atoms with Crippen molar-refractivity contribution >= 4 is 0 Å². The first kappa shape index (κ1) is 17.4. The fraction of sp³-hybridized carbons (Fsp3) is 0.364. The van der Waals surface area contributed by atoms with E-state index in [1.54, 1.807) is 12.3 Å². The number of aliphatic hydroxyl groups is 1. The van der Waals surface area contributed by atoms with Crippen LogP contribution in [-0.2, 0) is 19.7 Å². The number of likely N-dealkylation sites (tertiary alicyclic amines) is 1. The van der Waals surface area contributed by atoms with E-state index < -0.39 is 0 Å². The van der Waals surface area contributed by atoms with Crippen molar-refractivity contribution in [3.63, 3.8) is 0 Å². The van der Waals surface area contributed by atoms with Gasteiger partial charge in [0, 0.05) is 60.8 Å². The molecule has 2 bridgehead atoms. The van der Waals surface area contributed by atoms with Gasteiger partial charge in [0.2, 0.25) is 0 Å². The van der Waals surface area contributed by atoms with Gasteiger partial charge in [0.25, 0.3) is 5.56 Å². The molecule has 1 N–H and O–H groups in total.